The number of hydrogen-bond donors (Lipinski definition) is 2. The molecule has 0 spiro atoms. The lowest BCUT2D eigenvalue weighted by Gasteiger charge is -2.16. The summed E-state index contributed by atoms with van der Waals surface area (Å²) in [5.41, 5.74) is 0.495. The molecule has 0 saturated carbocycles. The van der Waals surface area contributed by atoms with Crippen LogP contribution in [-0.4, -0.2) is 17.9 Å². The predicted octanol–water partition coefficient (Wildman–Crippen LogP) is 3.60. The summed E-state index contributed by atoms with van der Waals surface area (Å²) in [6.45, 7) is 2.96. The minimum absolute atomic E-state index is 0.270. The standard InChI is InChI=1S/C17H17ClN2O3/c1-11(19-12(2)21)17(22)20-14-8-4-6-10-16(14)23-15-9-5-3-7-13(15)18/h3-11H,1-2H3,(H,19,21)(H,20,22)/t11-/m0/s1. The summed E-state index contributed by atoms with van der Waals surface area (Å²) in [4.78, 5) is 23.1. The van der Waals surface area contributed by atoms with Crippen molar-refractivity contribution in [3.05, 3.63) is 53.6 Å². The lowest BCUT2D eigenvalue weighted by molar-refractivity contribution is -0.124. The van der Waals surface area contributed by atoms with E-state index in [0.29, 0.717) is 22.2 Å². The van der Waals surface area contributed by atoms with Crippen molar-refractivity contribution in [2.75, 3.05) is 5.32 Å². The summed E-state index contributed by atoms with van der Waals surface area (Å²) < 4.78 is 5.77. The van der Waals surface area contributed by atoms with Gasteiger partial charge in [-0.05, 0) is 31.2 Å². The first-order chi connectivity index (χ1) is 11.0. The van der Waals surface area contributed by atoms with Crippen molar-refractivity contribution in [2.45, 2.75) is 19.9 Å². The quantitative estimate of drug-likeness (QED) is 0.879. The maximum absolute atomic E-state index is 12.1. The normalized spacial score (nSPS) is 11.4. The Bertz CT molecular complexity index is 718. The second-order valence-corrected chi connectivity index (χ2v) is 5.35. The average Bonchev–Trinajstić information content (AvgIpc) is 2.50. The highest BCUT2D eigenvalue weighted by Crippen LogP contribution is 2.33. The molecule has 2 aromatic carbocycles. The van der Waals surface area contributed by atoms with E-state index in [1.807, 2.05) is 0 Å². The smallest absolute Gasteiger partial charge is 0.246 e. The predicted molar refractivity (Wildman–Crippen MR) is 89.9 cm³/mol. The molecule has 0 radical (unpaired) electrons. The Balaban J connectivity index is 2.16. The van der Waals surface area contributed by atoms with Crippen LogP contribution in [0.1, 0.15) is 13.8 Å². The zero-order valence-electron chi connectivity index (χ0n) is 12.8. The van der Waals surface area contributed by atoms with Crippen molar-refractivity contribution in [1.29, 1.82) is 0 Å². The summed E-state index contributed by atoms with van der Waals surface area (Å²) in [5.74, 6) is 0.346. The van der Waals surface area contributed by atoms with Crippen molar-refractivity contribution in [2.24, 2.45) is 0 Å². The average molecular weight is 333 g/mol. The largest absolute Gasteiger partial charge is 0.454 e. The lowest BCUT2D eigenvalue weighted by atomic mass is 10.2. The molecule has 2 N–H and O–H groups in total. The number of amides is 2. The molecule has 0 unspecified atom stereocenters. The molecule has 1 atom stereocenters. The second-order valence-electron chi connectivity index (χ2n) is 4.94. The number of nitrogens with one attached hydrogen (secondary N) is 2. The van der Waals surface area contributed by atoms with E-state index >= 15 is 0 Å². The van der Waals surface area contributed by atoms with E-state index in [4.69, 9.17) is 16.3 Å². The first kappa shape index (κ1) is 16.8. The molecule has 0 aliphatic rings. The molecule has 120 valence electrons. The van der Waals surface area contributed by atoms with Gasteiger partial charge in [-0.25, -0.2) is 0 Å². The fourth-order valence-corrected chi connectivity index (χ4v) is 2.09. The minimum atomic E-state index is -0.652. The zero-order chi connectivity index (χ0) is 16.8. The van der Waals surface area contributed by atoms with Gasteiger partial charge in [0.1, 0.15) is 11.8 Å². The molecule has 0 saturated heterocycles. The highest BCUT2D eigenvalue weighted by atomic mass is 35.5. The Morgan fingerprint density at radius 1 is 1.04 bits per heavy atom. The minimum Gasteiger partial charge on any atom is -0.454 e. The molecule has 2 aromatic rings. The van der Waals surface area contributed by atoms with E-state index in [1.54, 1.807) is 55.5 Å². The summed E-state index contributed by atoms with van der Waals surface area (Å²) in [5, 5.41) is 5.73. The van der Waals surface area contributed by atoms with Gasteiger partial charge in [0.05, 0.1) is 10.7 Å². The van der Waals surface area contributed by atoms with Gasteiger partial charge >= 0.3 is 0 Å². The van der Waals surface area contributed by atoms with Crippen molar-refractivity contribution >= 4 is 29.1 Å². The van der Waals surface area contributed by atoms with Gasteiger partial charge in [0.15, 0.2) is 5.75 Å². The monoisotopic (exact) mass is 332 g/mol. The molecule has 0 aliphatic heterocycles. The summed E-state index contributed by atoms with van der Waals surface area (Å²) in [6, 6.07) is 13.4. The van der Waals surface area contributed by atoms with E-state index in [1.165, 1.54) is 6.92 Å². The fraction of sp³-hybridized carbons (Fsp3) is 0.176. The van der Waals surface area contributed by atoms with Crippen LogP contribution in [0, 0.1) is 0 Å². The Hall–Kier alpha value is -2.53. The highest BCUT2D eigenvalue weighted by molar-refractivity contribution is 6.32. The molecule has 0 aliphatic carbocycles. The maximum atomic E-state index is 12.1. The van der Waals surface area contributed by atoms with Gasteiger partial charge in [0, 0.05) is 6.92 Å². The molecule has 0 fully saturated rings. The number of hydrogen-bond acceptors (Lipinski definition) is 3. The molecule has 0 heterocycles. The zero-order valence-corrected chi connectivity index (χ0v) is 13.6. The fourth-order valence-electron chi connectivity index (χ4n) is 1.92. The molecular weight excluding hydrogens is 316 g/mol. The van der Waals surface area contributed by atoms with Crippen LogP contribution in [-0.2, 0) is 9.59 Å². The van der Waals surface area contributed by atoms with Gasteiger partial charge < -0.3 is 15.4 Å². The maximum Gasteiger partial charge on any atom is 0.246 e. The van der Waals surface area contributed by atoms with Crippen molar-refractivity contribution in [3.63, 3.8) is 0 Å². The van der Waals surface area contributed by atoms with Crippen molar-refractivity contribution in [3.8, 4) is 11.5 Å². The Morgan fingerprint density at radius 3 is 2.30 bits per heavy atom. The third kappa shape index (κ3) is 4.72. The molecule has 0 bridgehead atoms. The van der Waals surface area contributed by atoms with E-state index in [9.17, 15) is 9.59 Å². The summed E-state index contributed by atoms with van der Waals surface area (Å²) in [6.07, 6.45) is 0. The van der Waals surface area contributed by atoms with Crippen LogP contribution in [0.5, 0.6) is 11.5 Å². The van der Waals surface area contributed by atoms with Crippen LogP contribution in [0.15, 0.2) is 48.5 Å². The van der Waals surface area contributed by atoms with Crippen LogP contribution < -0.4 is 15.4 Å². The van der Waals surface area contributed by atoms with Gasteiger partial charge in [0.2, 0.25) is 11.8 Å². The lowest BCUT2D eigenvalue weighted by Crippen LogP contribution is -2.40. The molecule has 2 amide bonds. The van der Waals surface area contributed by atoms with Gasteiger partial charge in [-0.2, -0.15) is 0 Å². The SMILES string of the molecule is CC(=O)N[C@@H](C)C(=O)Nc1ccccc1Oc1ccccc1Cl. The van der Waals surface area contributed by atoms with Gasteiger partial charge in [0.25, 0.3) is 0 Å². The van der Waals surface area contributed by atoms with Gasteiger partial charge in [-0.1, -0.05) is 35.9 Å². The first-order valence-electron chi connectivity index (χ1n) is 7.06. The van der Waals surface area contributed by atoms with Crippen LogP contribution >= 0.6 is 11.6 Å². The van der Waals surface area contributed by atoms with Crippen LogP contribution in [0.25, 0.3) is 0 Å². The van der Waals surface area contributed by atoms with Crippen LogP contribution in [0.2, 0.25) is 5.02 Å². The molecule has 5 nitrogen and oxygen atoms in total. The molecule has 0 aromatic heterocycles. The first-order valence-corrected chi connectivity index (χ1v) is 7.44. The topological polar surface area (TPSA) is 67.4 Å². The Kier molecular flexibility index (Phi) is 5.60. The highest BCUT2D eigenvalue weighted by Gasteiger charge is 2.16. The van der Waals surface area contributed by atoms with Gasteiger partial charge in [-0.15, -0.1) is 0 Å². The van der Waals surface area contributed by atoms with Crippen LogP contribution in [0.3, 0.4) is 0 Å². The Labute approximate surface area is 139 Å². The van der Waals surface area contributed by atoms with Crippen molar-refractivity contribution < 1.29 is 14.3 Å². The number of carbonyl (C=O) groups is 2. The van der Waals surface area contributed by atoms with E-state index in [0.717, 1.165) is 0 Å². The van der Waals surface area contributed by atoms with E-state index in [2.05, 4.69) is 10.6 Å². The number of para-hydroxylation sites is 3. The number of carbonyl (C=O) groups excluding carboxylic acids is 2. The molecular formula is C17H17ClN2O3. The molecule has 2 rings (SSSR count). The third-order valence-corrected chi connectivity index (χ3v) is 3.33. The van der Waals surface area contributed by atoms with Crippen LogP contribution in [0.4, 0.5) is 5.69 Å². The number of halogens is 1. The van der Waals surface area contributed by atoms with Gasteiger partial charge in [-0.3, -0.25) is 9.59 Å². The molecule has 6 heteroatoms. The third-order valence-electron chi connectivity index (χ3n) is 3.01. The summed E-state index contributed by atoms with van der Waals surface area (Å²) >= 11 is 6.08. The number of rotatable bonds is 5. The number of ether oxygens (including phenoxy) is 1. The summed E-state index contributed by atoms with van der Waals surface area (Å²) in [7, 11) is 0. The van der Waals surface area contributed by atoms with E-state index < -0.39 is 6.04 Å². The van der Waals surface area contributed by atoms with Crippen molar-refractivity contribution in [1.82, 2.24) is 5.32 Å². The number of anilines is 1. The van der Waals surface area contributed by atoms with E-state index in [-0.39, 0.29) is 11.8 Å². The number of benzene rings is 2. The second kappa shape index (κ2) is 7.65. The molecule has 23 heavy (non-hydrogen) atoms. The Morgan fingerprint density at radius 2 is 1.65 bits per heavy atom.